The van der Waals surface area contributed by atoms with Crippen molar-refractivity contribution in [2.24, 2.45) is 17.8 Å². The number of pyridine rings is 1. The monoisotopic (exact) mass is 385 g/mol. The van der Waals surface area contributed by atoms with Crippen LogP contribution < -0.4 is 5.32 Å². The molecule has 0 radical (unpaired) electrons. The Balaban J connectivity index is 1.33. The summed E-state index contributed by atoms with van der Waals surface area (Å²) in [7, 11) is 0. The van der Waals surface area contributed by atoms with Crippen LogP contribution in [0.15, 0.2) is 6.07 Å². The van der Waals surface area contributed by atoms with Crippen LogP contribution in [0.3, 0.4) is 0 Å². The van der Waals surface area contributed by atoms with Crippen LogP contribution in [0.1, 0.15) is 60.9 Å². The quantitative estimate of drug-likeness (QED) is 0.868. The van der Waals surface area contributed by atoms with Gasteiger partial charge in [-0.2, -0.15) is 0 Å². The lowest BCUT2D eigenvalue weighted by molar-refractivity contribution is 0.0520. The van der Waals surface area contributed by atoms with Crippen LogP contribution in [0.4, 0.5) is 4.79 Å². The zero-order valence-corrected chi connectivity index (χ0v) is 17.4. The molecular formula is C22H31N3O3. The molecule has 1 N–H and O–H groups in total. The molecule has 3 atom stereocenters. The van der Waals surface area contributed by atoms with Crippen molar-refractivity contribution in [1.29, 1.82) is 0 Å². The second-order valence-electron chi connectivity index (χ2n) is 9.53. The van der Waals surface area contributed by atoms with Gasteiger partial charge in [-0.25, -0.2) is 4.79 Å². The Labute approximate surface area is 167 Å². The Morgan fingerprint density at radius 2 is 1.89 bits per heavy atom. The first-order chi connectivity index (χ1) is 13.2. The average molecular weight is 386 g/mol. The largest absolute Gasteiger partial charge is 0.444 e. The number of aromatic nitrogens is 1. The van der Waals surface area contributed by atoms with Crippen LogP contribution in [0.2, 0.25) is 0 Å². The number of aryl methyl sites for hydroxylation is 2. The zero-order chi connectivity index (χ0) is 20.1. The summed E-state index contributed by atoms with van der Waals surface area (Å²) in [6, 6.07) is 1.97. The van der Waals surface area contributed by atoms with E-state index < -0.39 is 5.60 Å². The standard InChI is InChI=1S/C22H31N3O3/c1-13-9-15(14-7-5-6-8-19(14)24-13)20(26)25-11-17-16(18(17)12-25)10-23-21(27)28-22(2,3)4/h9,16-18H,5-8,10-12H2,1-4H3,(H,23,27)/t16?,17-,18+. The molecule has 4 rings (SSSR count). The van der Waals surface area contributed by atoms with Crippen LogP contribution in [0.5, 0.6) is 0 Å². The van der Waals surface area contributed by atoms with E-state index in [4.69, 9.17) is 4.74 Å². The number of ether oxygens (including phenoxy) is 1. The number of alkyl carbamates (subject to hydrolysis) is 1. The first kappa shape index (κ1) is 19.2. The minimum absolute atomic E-state index is 0.162. The first-order valence-electron chi connectivity index (χ1n) is 10.5. The molecule has 1 saturated carbocycles. The van der Waals surface area contributed by atoms with E-state index in [2.05, 4.69) is 10.3 Å². The van der Waals surface area contributed by atoms with Crippen molar-refractivity contribution in [2.75, 3.05) is 19.6 Å². The Morgan fingerprint density at radius 1 is 1.21 bits per heavy atom. The molecule has 2 amide bonds. The molecule has 6 heteroatoms. The van der Waals surface area contributed by atoms with E-state index in [1.54, 1.807) is 0 Å². The van der Waals surface area contributed by atoms with Crippen molar-refractivity contribution in [2.45, 2.75) is 59.0 Å². The summed E-state index contributed by atoms with van der Waals surface area (Å²) in [5.41, 5.74) is 3.62. The second-order valence-corrected chi connectivity index (χ2v) is 9.53. The summed E-state index contributed by atoms with van der Waals surface area (Å²) in [6.07, 6.45) is 3.90. The number of nitrogens with zero attached hydrogens (tertiary/aromatic N) is 2. The smallest absolute Gasteiger partial charge is 0.407 e. The van der Waals surface area contributed by atoms with Crippen molar-refractivity contribution in [3.05, 3.63) is 28.6 Å². The van der Waals surface area contributed by atoms with Crippen LogP contribution in [-0.4, -0.2) is 47.1 Å². The van der Waals surface area contributed by atoms with E-state index in [9.17, 15) is 9.59 Å². The number of carbonyl (C=O) groups excluding carboxylic acids is 2. The maximum Gasteiger partial charge on any atom is 0.407 e. The summed E-state index contributed by atoms with van der Waals surface area (Å²) in [5.74, 6) is 1.62. The molecule has 152 valence electrons. The van der Waals surface area contributed by atoms with E-state index in [0.29, 0.717) is 24.3 Å². The maximum atomic E-state index is 13.2. The molecule has 3 aliphatic rings. The fourth-order valence-corrected chi connectivity index (χ4v) is 4.84. The highest BCUT2D eigenvalue weighted by molar-refractivity contribution is 5.96. The van der Waals surface area contributed by atoms with Gasteiger partial charge in [0.1, 0.15) is 5.60 Å². The van der Waals surface area contributed by atoms with Gasteiger partial charge in [-0.05, 0) is 82.8 Å². The third-order valence-electron chi connectivity index (χ3n) is 6.20. The molecule has 2 fully saturated rings. The topological polar surface area (TPSA) is 71.5 Å². The zero-order valence-electron chi connectivity index (χ0n) is 17.4. The highest BCUT2D eigenvalue weighted by Gasteiger charge is 2.56. The van der Waals surface area contributed by atoms with Crippen molar-refractivity contribution in [3.63, 3.8) is 0 Å². The number of carbonyl (C=O) groups is 2. The Hall–Kier alpha value is -2.11. The number of likely N-dealkylation sites (tertiary alicyclic amines) is 1. The SMILES string of the molecule is Cc1cc(C(=O)N2C[C@@H]3C(CNC(=O)OC(C)(C)C)[C@@H]3C2)c2c(n1)CCCC2. The summed E-state index contributed by atoms with van der Waals surface area (Å²) >= 11 is 0. The molecule has 1 aliphatic heterocycles. The molecule has 1 saturated heterocycles. The minimum atomic E-state index is -0.478. The normalized spacial score (nSPS) is 25.7. The van der Waals surface area contributed by atoms with Gasteiger partial charge in [0.25, 0.3) is 5.91 Å². The van der Waals surface area contributed by atoms with Gasteiger partial charge in [0.15, 0.2) is 0 Å². The molecule has 1 aromatic heterocycles. The lowest BCUT2D eigenvalue weighted by Crippen LogP contribution is -2.36. The molecule has 2 aliphatic carbocycles. The van der Waals surface area contributed by atoms with Gasteiger partial charge >= 0.3 is 6.09 Å². The minimum Gasteiger partial charge on any atom is -0.444 e. The molecule has 0 spiro atoms. The lowest BCUT2D eigenvalue weighted by Gasteiger charge is -2.24. The van der Waals surface area contributed by atoms with Gasteiger partial charge in [0.2, 0.25) is 0 Å². The summed E-state index contributed by atoms with van der Waals surface area (Å²) in [4.78, 5) is 31.7. The van der Waals surface area contributed by atoms with Crippen LogP contribution in [0, 0.1) is 24.7 Å². The van der Waals surface area contributed by atoms with Gasteiger partial charge in [-0.1, -0.05) is 0 Å². The predicted molar refractivity (Wildman–Crippen MR) is 106 cm³/mol. The van der Waals surface area contributed by atoms with Crippen LogP contribution in [-0.2, 0) is 17.6 Å². The van der Waals surface area contributed by atoms with Crippen molar-refractivity contribution in [3.8, 4) is 0 Å². The summed E-state index contributed by atoms with van der Waals surface area (Å²) < 4.78 is 5.30. The van der Waals surface area contributed by atoms with Crippen molar-refractivity contribution < 1.29 is 14.3 Å². The fraction of sp³-hybridized carbons (Fsp3) is 0.682. The Morgan fingerprint density at radius 3 is 2.57 bits per heavy atom. The maximum absolute atomic E-state index is 13.2. The summed E-state index contributed by atoms with van der Waals surface area (Å²) in [5, 5.41) is 2.88. The van der Waals surface area contributed by atoms with Gasteiger partial charge in [0.05, 0.1) is 0 Å². The van der Waals surface area contributed by atoms with Gasteiger partial charge in [-0.15, -0.1) is 0 Å². The number of piperidine rings is 1. The molecule has 6 nitrogen and oxygen atoms in total. The molecule has 28 heavy (non-hydrogen) atoms. The van der Waals surface area contributed by atoms with E-state index in [0.717, 1.165) is 55.7 Å². The number of amides is 2. The van der Waals surface area contributed by atoms with Gasteiger partial charge in [-0.3, -0.25) is 9.78 Å². The van der Waals surface area contributed by atoms with Crippen LogP contribution >= 0.6 is 0 Å². The number of hydrogen-bond acceptors (Lipinski definition) is 4. The van der Waals surface area contributed by atoms with Gasteiger partial charge in [0, 0.05) is 36.6 Å². The number of nitrogens with one attached hydrogen (secondary N) is 1. The molecular weight excluding hydrogens is 354 g/mol. The molecule has 0 aromatic carbocycles. The summed E-state index contributed by atoms with van der Waals surface area (Å²) in [6.45, 7) is 9.78. The third-order valence-corrected chi connectivity index (χ3v) is 6.20. The molecule has 1 aromatic rings. The van der Waals surface area contributed by atoms with E-state index in [1.807, 2.05) is 38.7 Å². The lowest BCUT2D eigenvalue weighted by atomic mass is 9.91. The first-order valence-corrected chi connectivity index (χ1v) is 10.5. The predicted octanol–water partition coefficient (Wildman–Crippen LogP) is 3.11. The Kier molecular flexibility index (Phi) is 4.84. The van der Waals surface area contributed by atoms with E-state index in [-0.39, 0.29) is 12.0 Å². The van der Waals surface area contributed by atoms with Crippen molar-refractivity contribution >= 4 is 12.0 Å². The van der Waals surface area contributed by atoms with E-state index in [1.165, 1.54) is 5.56 Å². The number of fused-ring (bicyclic) bond motifs is 2. The molecule has 1 unspecified atom stereocenters. The fourth-order valence-electron chi connectivity index (χ4n) is 4.84. The number of rotatable bonds is 3. The Bertz CT molecular complexity index is 787. The van der Waals surface area contributed by atoms with Crippen molar-refractivity contribution in [1.82, 2.24) is 15.2 Å². The highest BCUT2D eigenvalue weighted by atomic mass is 16.6. The third kappa shape index (κ3) is 3.87. The second kappa shape index (κ2) is 7.05. The molecule has 2 heterocycles. The van der Waals surface area contributed by atoms with E-state index >= 15 is 0 Å². The number of hydrogen-bond donors (Lipinski definition) is 1. The highest BCUT2D eigenvalue weighted by Crippen LogP contribution is 2.51. The average Bonchev–Trinajstić information content (AvgIpc) is 3.06. The van der Waals surface area contributed by atoms with Gasteiger partial charge < -0.3 is 15.0 Å². The molecule has 0 bridgehead atoms. The van der Waals surface area contributed by atoms with Crippen LogP contribution in [0.25, 0.3) is 0 Å².